The summed E-state index contributed by atoms with van der Waals surface area (Å²) in [6, 6.07) is 7.89. The highest BCUT2D eigenvalue weighted by molar-refractivity contribution is 5.28. The molecule has 0 aliphatic carbocycles. The molecule has 2 aliphatic rings. The first-order valence-electron chi connectivity index (χ1n) is 7.03. The van der Waals surface area contributed by atoms with E-state index in [-0.39, 0.29) is 12.6 Å². The summed E-state index contributed by atoms with van der Waals surface area (Å²) in [5.41, 5.74) is 1.04. The second-order valence-electron chi connectivity index (χ2n) is 4.91. The van der Waals surface area contributed by atoms with E-state index in [1.807, 2.05) is 24.3 Å². The van der Waals surface area contributed by atoms with Crippen molar-refractivity contribution in [2.45, 2.75) is 38.3 Å². The van der Waals surface area contributed by atoms with E-state index < -0.39 is 0 Å². The van der Waals surface area contributed by atoms with Gasteiger partial charge in [-0.25, -0.2) is 0 Å². The monoisotopic (exact) mass is 264 g/mol. The molecule has 2 aliphatic heterocycles. The molecule has 1 atom stereocenters. The molecule has 0 spiro atoms. The zero-order valence-corrected chi connectivity index (χ0v) is 11.0. The quantitative estimate of drug-likeness (QED) is 0.841. The van der Waals surface area contributed by atoms with E-state index in [9.17, 15) is 0 Å². The summed E-state index contributed by atoms with van der Waals surface area (Å²) in [6.07, 6.45) is 3.92. The van der Waals surface area contributed by atoms with Gasteiger partial charge in [-0.2, -0.15) is 0 Å². The second kappa shape index (κ2) is 6.37. The average molecular weight is 264 g/mol. The van der Waals surface area contributed by atoms with Gasteiger partial charge in [0.1, 0.15) is 5.75 Å². The van der Waals surface area contributed by atoms with E-state index in [1.165, 1.54) is 6.42 Å². The SMILES string of the molecule is c1cc(C2OCCCO2)ccc1OC1CCCCO1. The number of rotatable bonds is 3. The lowest BCUT2D eigenvalue weighted by atomic mass is 10.2. The van der Waals surface area contributed by atoms with Gasteiger partial charge in [0, 0.05) is 12.0 Å². The van der Waals surface area contributed by atoms with Crippen LogP contribution in [0.15, 0.2) is 24.3 Å². The summed E-state index contributed by atoms with van der Waals surface area (Å²) < 4.78 is 22.5. The molecule has 1 aromatic carbocycles. The highest BCUT2D eigenvalue weighted by Gasteiger charge is 2.18. The summed E-state index contributed by atoms with van der Waals surface area (Å²) in [4.78, 5) is 0. The van der Waals surface area contributed by atoms with Crippen LogP contribution in [-0.4, -0.2) is 26.1 Å². The van der Waals surface area contributed by atoms with Gasteiger partial charge >= 0.3 is 0 Å². The first kappa shape index (κ1) is 12.9. The number of benzene rings is 1. The Morgan fingerprint density at radius 2 is 1.58 bits per heavy atom. The minimum absolute atomic E-state index is 0.0956. The van der Waals surface area contributed by atoms with Gasteiger partial charge in [-0.05, 0) is 31.4 Å². The molecule has 2 saturated heterocycles. The molecular weight excluding hydrogens is 244 g/mol. The van der Waals surface area contributed by atoms with Crippen molar-refractivity contribution in [3.63, 3.8) is 0 Å². The highest BCUT2D eigenvalue weighted by Crippen LogP contribution is 2.26. The molecule has 0 radical (unpaired) electrons. The summed E-state index contributed by atoms with van der Waals surface area (Å²) in [6.45, 7) is 2.32. The van der Waals surface area contributed by atoms with Crippen LogP contribution in [0.5, 0.6) is 5.75 Å². The van der Waals surface area contributed by atoms with Gasteiger partial charge in [-0.3, -0.25) is 0 Å². The van der Waals surface area contributed by atoms with Crippen molar-refractivity contribution in [3.8, 4) is 5.75 Å². The first-order valence-corrected chi connectivity index (χ1v) is 7.03. The van der Waals surface area contributed by atoms with Gasteiger partial charge in [0.2, 0.25) is 0 Å². The number of ether oxygens (including phenoxy) is 4. The van der Waals surface area contributed by atoms with Crippen LogP contribution in [0.2, 0.25) is 0 Å². The molecule has 4 heteroatoms. The maximum absolute atomic E-state index is 5.79. The van der Waals surface area contributed by atoms with Crippen molar-refractivity contribution in [3.05, 3.63) is 29.8 Å². The fraction of sp³-hybridized carbons (Fsp3) is 0.600. The molecule has 0 N–H and O–H groups in total. The minimum Gasteiger partial charge on any atom is -0.465 e. The first-order chi connectivity index (χ1) is 9.42. The van der Waals surface area contributed by atoms with Crippen molar-refractivity contribution in [2.75, 3.05) is 19.8 Å². The Morgan fingerprint density at radius 3 is 2.26 bits per heavy atom. The lowest BCUT2D eigenvalue weighted by Crippen LogP contribution is -2.25. The van der Waals surface area contributed by atoms with E-state index in [0.29, 0.717) is 0 Å². The third kappa shape index (κ3) is 3.47. The molecule has 1 aromatic rings. The Balaban J connectivity index is 1.58. The Hall–Kier alpha value is -1.10. The van der Waals surface area contributed by atoms with Gasteiger partial charge in [0.15, 0.2) is 12.6 Å². The van der Waals surface area contributed by atoms with Gasteiger partial charge in [-0.1, -0.05) is 12.1 Å². The normalized spacial score (nSPS) is 25.2. The molecule has 2 fully saturated rings. The van der Waals surface area contributed by atoms with E-state index in [4.69, 9.17) is 18.9 Å². The van der Waals surface area contributed by atoms with Crippen molar-refractivity contribution < 1.29 is 18.9 Å². The standard InChI is InChI=1S/C15H20O4/c1-2-9-16-14(4-1)19-13-7-5-12(6-8-13)15-17-10-3-11-18-15/h5-8,14-15H,1-4,9-11H2. The van der Waals surface area contributed by atoms with E-state index in [1.54, 1.807) is 0 Å². The minimum atomic E-state index is -0.228. The predicted octanol–water partition coefficient (Wildman–Crippen LogP) is 3.03. The number of hydrogen-bond donors (Lipinski definition) is 0. The van der Waals surface area contributed by atoms with Crippen LogP contribution >= 0.6 is 0 Å². The zero-order chi connectivity index (χ0) is 12.9. The maximum Gasteiger partial charge on any atom is 0.199 e. The Kier molecular flexibility index (Phi) is 4.33. The van der Waals surface area contributed by atoms with E-state index in [2.05, 4.69) is 0 Å². The maximum atomic E-state index is 5.79. The van der Waals surface area contributed by atoms with Crippen LogP contribution in [-0.2, 0) is 14.2 Å². The molecule has 4 nitrogen and oxygen atoms in total. The van der Waals surface area contributed by atoms with Crippen LogP contribution in [0.3, 0.4) is 0 Å². The fourth-order valence-corrected chi connectivity index (χ4v) is 2.34. The van der Waals surface area contributed by atoms with Crippen molar-refractivity contribution in [1.29, 1.82) is 0 Å². The van der Waals surface area contributed by atoms with Crippen LogP contribution in [0.25, 0.3) is 0 Å². The molecule has 104 valence electrons. The Morgan fingerprint density at radius 1 is 0.842 bits per heavy atom. The third-order valence-corrected chi connectivity index (χ3v) is 3.38. The molecule has 19 heavy (non-hydrogen) atoms. The summed E-state index contributed by atoms with van der Waals surface area (Å²) >= 11 is 0. The lowest BCUT2D eigenvalue weighted by Gasteiger charge is -2.25. The molecule has 2 heterocycles. The van der Waals surface area contributed by atoms with Gasteiger partial charge in [0.05, 0.1) is 19.8 Å². The van der Waals surface area contributed by atoms with Gasteiger partial charge in [0.25, 0.3) is 0 Å². The average Bonchev–Trinajstić information content (AvgIpc) is 2.50. The van der Waals surface area contributed by atoms with Crippen LogP contribution in [0, 0.1) is 0 Å². The molecule has 0 amide bonds. The predicted molar refractivity (Wildman–Crippen MR) is 69.9 cm³/mol. The van der Waals surface area contributed by atoms with Gasteiger partial charge < -0.3 is 18.9 Å². The Bertz CT molecular complexity index is 378. The molecule has 0 saturated carbocycles. The number of hydrogen-bond acceptors (Lipinski definition) is 4. The Labute approximate surface area is 113 Å². The molecule has 3 rings (SSSR count). The van der Waals surface area contributed by atoms with Crippen molar-refractivity contribution >= 4 is 0 Å². The molecular formula is C15H20O4. The van der Waals surface area contributed by atoms with Crippen LogP contribution < -0.4 is 4.74 Å². The highest BCUT2D eigenvalue weighted by atomic mass is 16.7. The summed E-state index contributed by atoms with van der Waals surface area (Å²) in [7, 11) is 0. The zero-order valence-electron chi connectivity index (χ0n) is 11.0. The van der Waals surface area contributed by atoms with Crippen molar-refractivity contribution in [1.82, 2.24) is 0 Å². The summed E-state index contributed by atoms with van der Waals surface area (Å²) in [5, 5.41) is 0. The van der Waals surface area contributed by atoms with E-state index >= 15 is 0 Å². The molecule has 0 aromatic heterocycles. The molecule has 1 unspecified atom stereocenters. The molecule has 0 bridgehead atoms. The van der Waals surface area contributed by atoms with Gasteiger partial charge in [-0.15, -0.1) is 0 Å². The lowest BCUT2D eigenvalue weighted by molar-refractivity contribution is -0.183. The largest absolute Gasteiger partial charge is 0.465 e. The summed E-state index contributed by atoms with van der Waals surface area (Å²) in [5.74, 6) is 0.839. The van der Waals surface area contributed by atoms with Crippen LogP contribution in [0.1, 0.15) is 37.5 Å². The third-order valence-electron chi connectivity index (χ3n) is 3.38. The smallest absolute Gasteiger partial charge is 0.199 e. The second-order valence-corrected chi connectivity index (χ2v) is 4.91. The fourth-order valence-electron chi connectivity index (χ4n) is 2.34. The van der Waals surface area contributed by atoms with Crippen molar-refractivity contribution in [2.24, 2.45) is 0 Å². The van der Waals surface area contributed by atoms with Crippen LogP contribution in [0.4, 0.5) is 0 Å². The topological polar surface area (TPSA) is 36.9 Å². The van der Waals surface area contributed by atoms with E-state index in [0.717, 1.165) is 50.4 Å².